The van der Waals surface area contributed by atoms with Crippen molar-refractivity contribution in [3.8, 4) is 0 Å². The van der Waals surface area contributed by atoms with Crippen molar-refractivity contribution in [2.45, 2.75) is 19.0 Å². The summed E-state index contributed by atoms with van der Waals surface area (Å²) in [5.74, 6) is -3.60. The van der Waals surface area contributed by atoms with E-state index in [4.69, 9.17) is 5.41 Å². The van der Waals surface area contributed by atoms with Crippen LogP contribution < -0.4 is 16.0 Å². The molecule has 27 heavy (non-hydrogen) atoms. The zero-order valence-electron chi connectivity index (χ0n) is 13.6. The van der Waals surface area contributed by atoms with Gasteiger partial charge in [0, 0.05) is 23.7 Å². The topological polar surface area (TPSA) is 77.0 Å². The third-order valence-electron chi connectivity index (χ3n) is 3.83. The summed E-state index contributed by atoms with van der Waals surface area (Å²) in [6, 6.07) is 2.60. The Morgan fingerprint density at radius 1 is 1.15 bits per heavy atom. The lowest BCUT2D eigenvalue weighted by atomic mass is 10.1. The highest BCUT2D eigenvalue weighted by molar-refractivity contribution is 6.17. The second-order valence-corrected chi connectivity index (χ2v) is 5.84. The standard InChI is InChI=1S/C17H13F5N4O/c18-11-4-3-9(5-12(11)19)24-16(27)10(7-23)15-25-13(8-1-2-8)6-14(26-15)17(20,21)22/h3-7,23,25-26H,1-2H2,(H,24,27)/b15-10+,23-7?. The molecule has 4 N–H and O–H groups in total. The van der Waals surface area contributed by atoms with Crippen LogP contribution in [-0.2, 0) is 4.79 Å². The highest BCUT2D eigenvalue weighted by Gasteiger charge is 2.38. The van der Waals surface area contributed by atoms with Gasteiger partial charge in [0.2, 0.25) is 0 Å². The molecule has 2 aliphatic rings. The fourth-order valence-electron chi connectivity index (χ4n) is 2.35. The molecule has 1 fully saturated rings. The minimum absolute atomic E-state index is 0.109. The number of anilines is 1. The molecular formula is C17H13F5N4O. The van der Waals surface area contributed by atoms with E-state index in [-0.39, 0.29) is 17.2 Å². The van der Waals surface area contributed by atoms with E-state index in [2.05, 4.69) is 16.0 Å². The lowest BCUT2D eigenvalue weighted by molar-refractivity contribution is -0.112. The van der Waals surface area contributed by atoms with Gasteiger partial charge in [0.15, 0.2) is 11.6 Å². The van der Waals surface area contributed by atoms with Crippen LogP contribution >= 0.6 is 0 Å². The van der Waals surface area contributed by atoms with E-state index < -0.39 is 35.0 Å². The number of hydrogen-bond donors (Lipinski definition) is 4. The van der Waals surface area contributed by atoms with Crippen LogP contribution in [0.2, 0.25) is 0 Å². The van der Waals surface area contributed by atoms with Crippen LogP contribution in [0.3, 0.4) is 0 Å². The first kappa shape index (κ1) is 18.6. The van der Waals surface area contributed by atoms with Crippen molar-refractivity contribution in [1.29, 1.82) is 5.41 Å². The van der Waals surface area contributed by atoms with E-state index in [1.807, 2.05) is 0 Å². The van der Waals surface area contributed by atoms with Gasteiger partial charge in [0.25, 0.3) is 5.91 Å². The van der Waals surface area contributed by atoms with Crippen LogP contribution in [0.1, 0.15) is 12.8 Å². The second kappa shape index (κ2) is 6.86. The zero-order chi connectivity index (χ0) is 19.8. The summed E-state index contributed by atoms with van der Waals surface area (Å²) < 4.78 is 65.6. The van der Waals surface area contributed by atoms with Crippen molar-refractivity contribution >= 4 is 17.8 Å². The number of halogens is 5. The molecule has 1 heterocycles. The van der Waals surface area contributed by atoms with Gasteiger partial charge in [-0.3, -0.25) is 4.79 Å². The number of carbonyl (C=O) groups excluding carboxylic acids is 1. The van der Waals surface area contributed by atoms with Gasteiger partial charge in [0.1, 0.15) is 11.5 Å². The van der Waals surface area contributed by atoms with Crippen molar-refractivity contribution in [3.05, 3.63) is 64.3 Å². The molecule has 0 atom stereocenters. The first-order chi connectivity index (χ1) is 12.7. The molecule has 0 bridgehead atoms. The molecule has 1 aliphatic heterocycles. The highest BCUT2D eigenvalue weighted by atomic mass is 19.4. The average Bonchev–Trinajstić information content (AvgIpc) is 3.43. The predicted octanol–water partition coefficient (Wildman–Crippen LogP) is 3.45. The van der Waals surface area contributed by atoms with E-state index in [0.717, 1.165) is 29.8 Å². The largest absolute Gasteiger partial charge is 0.431 e. The smallest absolute Gasteiger partial charge is 0.341 e. The average molecular weight is 384 g/mol. The van der Waals surface area contributed by atoms with Crippen LogP contribution in [0.5, 0.6) is 0 Å². The van der Waals surface area contributed by atoms with Crippen molar-refractivity contribution in [3.63, 3.8) is 0 Å². The number of carbonyl (C=O) groups is 1. The van der Waals surface area contributed by atoms with Crippen LogP contribution in [0.15, 0.2) is 52.6 Å². The number of allylic oxidation sites excluding steroid dienone is 3. The SMILES string of the molecule is N=C/C(C(=O)Nc1ccc(F)c(F)c1)=C1\NC(C(F)(F)F)=CC(=C2CC2)N1. The normalized spacial score (nSPS) is 18.2. The van der Waals surface area contributed by atoms with E-state index in [1.54, 1.807) is 0 Å². The lowest BCUT2D eigenvalue weighted by Crippen LogP contribution is -2.39. The molecule has 142 valence electrons. The van der Waals surface area contributed by atoms with Gasteiger partial charge in [-0.15, -0.1) is 0 Å². The molecule has 1 saturated carbocycles. The molecule has 1 aromatic rings. The molecule has 0 spiro atoms. The Hall–Kier alpha value is -3.17. The second-order valence-electron chi connectivity index (χ2n) is 5.84. The quantitative estimate of drug-likeness (QED) is 0.366. The molecule has 10 heteroatoms. The van der Waals surface area contributed by atoms with Crippen LogP contribution in [-0.4, -0.2) is 18.3 Å². The van der Waals surface area contributed by atoms with Crippen LogP contribution in [0.25, 0.3) is 0 Å². The van der Waals surface area contributed by atoms with E-state index in [1.165, 1.54) is 0 Å². The Labute approximate surface area is 150 Å². The van der Waals surface area contributed by atoms with Gasteiger partial charge in [-0.25, -0.2) is 8.78 Å². The summed E-state index contributed by atoms with van der Waals surface area (Å²) in [4.78, 5) is 12.4. The summed E-state index contributed by atoms with van der Waals surface area (Å²) in [5, 5.41) is 14.4. The number of alkyl halides is 3. The number of hydrogen-bond acceptors (Lipinski definition) is 4. The lowest BCUT2D eigenvalue weighted by Gasteiger charge is -2.25. The first-order valence-corrected chi connectivity index (χ1v) is 7.75. The minimum atomic E-state index is -4.68. The monoisotopic (exact) mass is 384 g/mol. The minimum Gasteiger partial charge on any atom is -0.341 e. The highest BCUT2D eigenvalue weighted by Crippen LogP contribution is 2.35. The van der Waals surface area contributed by atoms with Gasteiger partial charge < -0.3 is 21.4 Å². The predicted molar refractivity (Wildman–Crippen MR) is 87.5 cm³/mol. The molecule has 0 unspecified atom stereocenters. The summed E-state index contributed by atoms with van der Waals surface area (Å²) in [5.41, 5.74) is -0.641. The van der Waals surface area contributed by atoms with Crippen molar-refractivity contribution in [1.82, 2.24) is 10.6 Å². The Morgan fingerprint density at radius 3 is 2.41 bits per heavy atom. The van der Waals surface area contributed by atoms with Crippen molar-refractivity contribution < 1.29 is 26.7 Å². The number of benzene rings is 1. The van der Waals surface area contributed by atoms with Crippen LogP contribution in [0.4, 0.5) is 27.6 Å². The van der Waals surface area contributed by atoms with E-state index >= 15 is 0 Å². The van der Waals surface area contributed by atoms with Gasteiger partial charge >= 0.3 is 6.18 Å². The fourth-order valence-corrected chi connectivity index (χ4v) is 2.35. The molecule has 1 amide bonds. The Balaban J connectivity index is 1.92. The third-order valence-corrected chi connectivity index (χ3v) is 3.83. The molecule has 0 aromatic heterocycles. The van der Waals surface area contributed by atoms with Gasteiger partial charge in [0.05, 0.1) is 5.57 Å². The number of rotatable bonds is 3. The van der Waals surface area contributed by atoms with Gasteiger partial charge in [-0.2, -0.15) is 13.2 Å². The van der Waals surface area contributed by atoms with Gasteiger partial charge in [-0.05, 0) is 36.6 Å². The Kier molecular flexibility index (Phi) is 4.73. The maximum absolute atomic E-state index is 13.3. The zero-order valence-corrected chi connectivity index (χ0v) is 13.6. The number of nitrogens with one attached hydrogen (secondary N) is 4. The first-order valence-electron chi connectivity index (χ1n) is 7.75. The van der Waals surface area contributed by atoms with Crippen LogP contribution in [0, 0.1) is 17.0 Å². The summed E-state index contributed by atoms with van der Waals surface area (Å²) in [7, 11) is 0. The van der Waals surface area contributed by atoms with Crippen molar-refractivity contribution in [2.24, 2.45) is 0 Å². The maximum atomic E-state index is 13.3. The van der Waals surface area contributed by atoms with Gasteiger partial charge in [-0.1, -0.05) is 0 Å². The summed E-state index contributed by atoms with van der Waals surface area (Å²) in [6.07, 6.45) is -1.94. The summed E-state index contributed by atoms with van der Waals surface area (Å²) in [6.45, 7) is 0. The van der Waals surface area contributed by atoms with Crippen molar-refractivity contribution in [2.75, 3.05) is 5.32 Å². The Bertz CT molecular complexity index is 908. The fraction of sp³-hybridized carbons (Fsp3) is 0.176. The Morgan fingerprint density at radius 2 is 1.85 bits per heavy atom. The molecule has 3 rings (SSSR count). The van der Waals surface area contributed by atoms with E-state index in [0.29, 0.717) is 19.1 Å². The molecule has 0 saturated heterocycles. The summed E-state index contributed by atoms with van der Waals surface area (Å²) >= 11 is 0. The molecule has 1 aliphatic carbocycles. The van der Waals surface area contributed by atoms with E-state index in [9.17, 15) is 26.7 Å². The molecule has 5 nitrogen and oxygen atoms in total. The third kappa shape index (κ3) is 4.15. The molecular weight excluding hydrogens is 371 g/mol. The molecule has 0 radical (unpaired) electrons. The number of amides is 1. The molecule has 1 aromatic carbocycles. The maximum Gasteiger partial charge on any atom is 0.431 e.